The summed E-state index contributed by atoms with van der Waals surface area (Å²) in [6.07, 6.45) is 4.12. The molecule has 2 nitrogen and oxygen atoms in total. The molecule has 0 spiro atoms. The van der Waals surface area contributed by atoms with Crippen molar-refractivity contribution in [2.24, 2.45) is 5.41 Å². The number of piperidine rings is 1. The predicted molar refractivity (Wildman–Crippen MR) is 71.8 cm³/mol. The van der Waals surface area contributed by atoms with Crippen molar-refractivity contribution in [3.8, 4) is 0 Å². The Morgan fingerprint density at radius 1 is 1.25 bits per heavy atom. The zero-order chi connectivity index (χ0) is 12.2. The highest BCUT2D eigenvalue weighted by atomic mass is 15.2. The highest BCUT2D eigenvalue weighted by Gasteiger charge is 2.22. The second-order valence-corrected chi connectivity index (χ2v) is 6.73. The predicted octanol–water partition coefficient (Wildman–Crippen LogP) is 2.89. The van der Waals surface area contributed by atoms with Gasteiger partial charge in [0, 0.05) is 25.2 Å². The van der Waals surface area contributed by atoms with Gasteiger partial charge in [-0.05, 0) is 38.6 Å². The fraction of sp³-hybridized carbons (Fsp3) is 1.00. The molecule has 1 heterocycles. The lowest BCUT2D eigenvalue weighted by atomic mass is 9.94. The van der Waals surface area contributed by atoms with Crippen LogP contribution < -0.4 is 5.32 Å². The van der Waals surface area contributed by atoms with E-state index in [4.69, 9.17) is 0 Å². The van der Waals surface area contributed by atoms with Crippen LogP contribution in [0.25, 0.3) is 0 Å². The maximum Gasteiger partial charge on any atom is 0.0195 e. The Labute approximate surface area is 102 Å². The standard InChI is InChI=1S/C14H30N2/c1-12(2)16(11-14(3,4)5)10-13-8-6-7-9-15-13/h12-13,15H,6-11H2,1-5H3. The average Bonchev–Trinajstić information content (AvgIpc) is 2.16. The molecule has 1 aliphatic rings. The maximum absolute atomic E-state index is 3.65. The Kier molecular flexibility index (Phi) is 5.26. The van der Waals surface area contributed by atoms with Crippen LogP contribution in [0.15, 0.2) is 0 Å². The summed E-state index contributed by atoms with van der Waals surface area (Å²) >= 11 is 0. The summed E-state index contributed by atoms with van der Waals surface area (Å²) in [5.41, 5.74) is 0.402. The van der Waals surface area contributed by atoms with Crippen molar-refractivity contribution in [2.75, 3.05) is 19.6 Å². The van der Waals surface area contributed by atoms with Crippen LogP contribution >= 0.6 is 0 Å². The van der Waals surface area contributed by atoms with Gasteiger partial charge in [-0.15, -0.1) is 0 Å². The Balaban J connectivity index is 2.43. The van der Waals surface area contributed by atoms with E-state index >= 15 is 0 Å². The molecule has 16 heavy (non-hydrogen) atoms. The third-order valence-electron chi connectivity index (χ3n) is 3.27. The molecule has 0 radical (unpaired) electrons. The molecule has 0 saturated carbocycles. The van der Waals surface area contributed by atoms with Gasteiger partial charge >= 0.3 is 0 Å². The normalized spacial score (nSPS) is 23.1. The lowest BCUT2D eigenvalue weighted by Gasteiger charge is -2.37. The molecule has 1 N–H and O–H groups in total. The molecule has 0 aromatic carbocycles. The van der Waals surface area contributed by atoms with Gasteiger partial charge in [0.1, 0.15) is 0 Å². The minimum atomic E-state index is 0.402. The van der Waals surface area contributed by atoms with E-state index in [0.29, 0.717) is 11.5 Å². The first-order chi connectivity index (χ1) is 7.38. The zero-order valence-corrected chi connectivity index (χ0v) is 11.8. The van der Waals surface area contributed by atoms with Crippen molar-refractivity contribution < 1.29 is 0 Å². The van der Waals surface area contributed by atoms with E-state index in [-0.39, 0.29) is 0 Å². The molecule has 1 rings (SSSR count). The summed E-state index contributed by atoms with van der Waals surface area (Å²) in [6.45, 7) is 15.2. The molecule has 0 aliphatic carbocycles. The molecule has 1 unspecified atom stereocenters. The van der Waals surface area contributed by atoms with Gasteiger partial charge < -0.3 is 5.32 Å². The number of hydrogen-bond donors (Lipinski definition) is 1. The van der Waals surface area contributed by atoms with E-state index in [9.17, 15) is 0 Å². The topological polar surface area (TPSA) is 15.3 Å². The van der Waals surface area contributed by atoms with Crippen molar-refractivity contribution in [3.63, 3.8) is 0 Å². The summed E-state index contributed by atoms with van der Waals surface area (Å²) in [4.78, 5) is 2.63. The van der Waals surface area contributed by atoms with Gasteiger partial charge in [-0.25, -0.2) is 0 Å². The molecule has 1 atom stereocenters. The number of nitrogens with zero attached hydrogens (tertiary/aromatic N) is 1. The van der Waals surface area contributed by atoms with Crippen LogP contribution in [0.2, 0.25) is 0 Å². The van der Waals surface area contributed by atoms with Gasteiger partial charge in [-0.3, -0.25) is 4.90 Å². The molecule has 1 fully saturated rings. The van der Waals surface area contributed by atoms with Crippen LogP contribution in [-0.4, -0.2) is 36.6 Å². The van der Waals surface area contributed by atoms with Gasteiger partial charge in [0.25, 0.3) is 0 Å². The molecule has 96 valence electrons. The van der Waals surface area contributed by atoms with Crippen LogP contribution in [0.3, 0.4) is 0 Å². The van der Waals surface area contributed by atoms with Gasteiger partial charge in [-0.2, -0.15) is 0 Å². The highest BCUT2D eigenvalue weighted by molar-refractivity contribution is 4.80. The summed E-state index contributed by atoms with van der Waals surface area (Å²) in [5.74, 6) is 0. The molecule has 0 amide bonds. The Morgan fingerprint density at radius 2 is 1.94 bits per heavy atom. The zero-order valence-electron chi connectivity index (χ0n) is 11.8. The molecule has 1 aliphatic heterocycles. The second-order valence-electron chi connectivity index (χ2n) is 6.73. The largest absolute Gasteiger partial charge is 0.313 e. The van der Waals surface area contributed by atoms with Gasteiger partial charge in [0.05, 0.1) is 0 Å². The van der Waals surface area contributed by atoms with Gasteiger partial charge in [0.15, 0.2) is 0 Å². The van der Waals surface area contributed by atoms with Gasteiger partial charge in [0.2, 0.25) is 0 Å². The Bertz CT molecular complexity index is 187. The molecular weight excluding hydrogens is 196 g/mol. The van der Waals surface area contributed by atoms with Crippen LogP contribution in [0.1, 0.15) is 53.9 Å². The maximum atomic E-state index is 3.65. The molecule has 0 aromatic rings. The molecule has 0 aromatic heterocycles. The van der Waals surface area contributed by atoms with E-state index < -0.39 is 0 Å². The first kappa shape index (κ1) is 14.0. The van der Waals surface area contributed by atoms with E-state index in [1.54, 1.807) is 0 Å². The summed E-state index contributed by atoms with van der Waals surface area (Å²) in [5, 5.41) is 3.65. The average molecular weight is 226 g/mol. The minimum Gasteiger partial charge on any atom is -0.313 e. The third kappa shape index (κ3) is 5.31. The SMILES string of the molecule is CC(C)N(CC1CCCCN1)CC(C)(C)C. The summed E-state index contributed by atoms with van der Waals surface area (Å²) < 4.78 is 0. The van der Waals surface area contributed by atoms with Crippen LogP contribution in [0.5, 0.6) is 0 Å². The monoisotopic (exact) mass is 226 g/mol. The van der Waals surface area contributed by atoms with Crippen LogP contribution in [-0.2, 0) is 0 Å². The quantitative estimate of drug-likeness (QED) is 0.793. The van der Waals surface area contributed by atoms with Crippen molar-refractivity contribution in [1.82, 2.24) is 10.2 Å². The Morgan fingerprint density at radius 3 is 2.38 bits per heavy atom. The fourth-order valence-corrected chi connectivity index (χ4v) is 2.43. The van der Waals surface area contributed by atoms with Crippen LogP contribution in [0.4, 0.5) is 0 Å². The van der Waals surface area contributed by atoms with E-state index in [1.807, 2.05) is 0 Å². The minimum absolute atomic E-state index is 0.402. The molecular formula is C14H30N2. The fourth-order valence-electron chi connectivity index (χ4n) is 2.43. The van der Waals surface area contributed by atoms with E-state index in [2.05, 4.69) is 44.8 Å². The number of nitrogens with one attached hydrogen (secondary N) is 1. The summed E-state index contributed by atoms with van der Waals surface area (Å²) in [6, 6.07) is 1.38. The smallest absolute Gasteiger partial charge is 0.0195 e. The molecule has 0 bridgehead atoms. The van der Waals surface area contributed by atoms with E-state index in [1.165, 1.54) is 38.9 Å². The number of hydrogen-bond acceptors (Lipinski definition) is 2. The summed E-state index contributed by atoms with van der Waals surface area (Å²) in [7, 11) is 0. The lowest BCUT2D eigenvalue weighted by molar-refractivity contribution is 0.133. The first-order valence-electron chi connectivity index (χ1n) is 6.86. The van der Waals surface area contributed by atoms with Gasteiger partial charge in [-0.1, -0.05) is 27.2 Å². The molecule has 2 heteroatoms. The highest BCUT2D eigenvalue weighted by Crippen LogP contribution is 2.18. The first-order valence-corrected chi connectivity index (χ1v) is 6.86. The van der Waals surface area contributed by atoms with Crippen molar-refractivity contribution >= 4 is 0 Å². The van der Waals surface area contributed by atoms with E-state index in [0.717, 1.165) is 6.04 Å². The second kappa shape index (κ2) is 6.02. The van der Waals surface area contributed by atoms with Crippen LogP contribution in [0, 0.1) is 5.41 Å². The third-order valence-corrected chi connectivity index (χ3v) is 3.27. The molecule has 1 saturated heterocycles. The Hall–Kier alpha value is -0.0800. The number of rotatable bonds is 4. The van der Waals surface area contributed by atoms with Crippen molar-refractivity contribution in [2.45, 2.75) is 66.0 Å². The van der Waals surface area contributed by atoms with Crippen molar-refractivity contribution in [1.29, 1.82) is 0 Å². The van der Waals surface area contributed by atoms with Crippen molar-refractivity contribution in [3.05, 3.63) is 0 Å². The lowest BCUT2D eigenvalue weighted by Crippen LogP contribution is -2.48.